The van der Waals surface area contributed by atoms with Crippen molar-refractivity contribution in [3.63, 3.8) is 0 Å². The molecule has 1 aromatic carbocycles. The summed E-state index contributed by atoms with van der Waals surface area (Å²) in [5.74, 6) is -0.674. The molecule has 1 atom stereocenters. The second kappa shape index (κ2) is 5.37. The number of tetrazole rings is 1. The Kier molecular flexibility index (Phi) is 3.63. The SMILES string of the molecule is COCC(C(=O)O)n1nnc(-c2ccccc2)n1. The van der Waals surface area contributed by atoms with Gasteiger partial charge < -0.3 is 9.84 Å². The lowest BCUT2D eigenvalue weighted by atomic mass is 10.2. The largest absolute Gasteiger partial charge is 0.480 e. The average molecular weight is 248 g/mol. The fraction of sp³-hybridized carbons (Fsp3) is 0.273. The molecule has 0 spiro atoms. The summed E-state index contributed by atoms with van der Waals surface area (Å²) in [5.41, 5.74) is 0.783. The van der Waals surface area contributed by atoms with Crippen LogP contribution in [-0.4, -0.2) is 45.0 Å². The highest BCUT2D eigenvalue weighted by atomic mass is 16.5. The number of nitrogens with zero attached hydrogens (tertiary/aromatic N) is 4. The van der Waals surface area contributed by atoms with Crippen LogP contribution in [0.5, 0.6) is 0 Å². The van der Waals surface area contributed by atoms with Crippen LogP contribution in [0, 0.1) is 0 Å². The van der Waals surface area contributed by atoms with Gasteiger partial charge in [-0.3, -0.25) is 0 Å². The van der Waals surface area contributed by atoms with Crippen molar-refractivity contribution in [3.8, 4) is 11.4 Å². The molecule has 0 fully saturated rings. The van der Waals surface area contributed by atoms with Crippen molar-refractivity contribution in [1.82, 2.24) is 20.2 Å². The standard InChI is InChI=1S/C11H12N4O3/c1-18-7-9(11(16)17)15-13-10(12-14-15)8-5-3-2-4-6-8/h2-6,9H,7H2,1H3,(H,16,17). The molecule has 1 N–H and O–H groups in total. The first-order valence-corrected chi connectivity index (χ1v) is 5.29. The molecule has 0 aliphatic carbocycles. The zero-order valence-electron chi connectivity index (χ0n) is 9.72. The van der Waals surface area contributed by atoms with Gasteiger partial charge in [-0.1, -0.05) is 30.3 Å². The molecule has 0 amide bonds. The van der Waals surface area contributed by atoms with Gasteiger partial charge in [-0.2, -0.15) is 0 Å². The number of benzene rings is 1. The maximum Gasteiger partial charge on any atom is 0.332 e. The lowest BCUT2D eigenvalue weighted by molar-refractivity contribution is -0.143. The molecule has 0 aliphatic heterocycles. The van der Waals surface area contributed by atoms with Crippen molar-refractivity contribution >= 4 is 5.97 Å². The highest BCUT2D eigenvalue weighted by Gasteiger charge is 2.22. The van der Waals surface area contributed by atoms with Gasteiger partial charge in [0.05, 0.1) is 6.61 Å². The van der Waals surface area contributed by atoms with Gasteiger partial charge in [0, 0.05) is 12.7 Å². The van der Waals surface area contributed by atoms with Crippen molar-refractivity contribution in [2.45, 2.75) is 6.04 Å². The Hall–Kier alpha value is -2.28. The Morgan fingerprint density at radius 1 is 1.44 bits per heavy atom. The fourth-order valence-corrected chi connectivity index (χ4v) is 1.45. The number of aliphatic carboxylic acids is 1. The van der Waals surface area contributed by atoms with Crippen molar-refractivity contribution in [2.75, 3.05) is 13.7 Å². The molecule has 2 rings (SSSR count). The summed E-state index contributed by atoms with van der Waals surface area (Å²) in [7, 11) is 1.42. The Morgan fingerprint density at radius 3 is 2.78 bits per heavy atom. The molecule has 1 aromatic heterocycles. The maximum absolute atomic E-state index is 11.0. The van der Waals surface area contributed by atoms with E-state index in [-0.39, 0.29) is 6.61 Å². The number of carboxylic acids is 1. The van der Waals surface area contributed by atoms with Crippen LogP contribution in [0.4, 0.5) is 0 Å². The van der Waals surface area contributed by atoms with Crippen molar-refractivity contribution in [2.24, 2.45) is 0 Å². The van der Waals surface area contributed by atoms with Gasteiger partial charge in [-0.05, 0) is 5.21 Å². The lowest BCUT2D eigenvalue weighted by Gasteiger charge is -2.08. The predicted octanol–water partition coefficient (Wildman–Crippen LogP) is 0.612. The molecular weight excluding hydrogens is 236 g/mol. The summed E-state index contributed by atoms with van der Waals surface area (Å²) in [5, 5.41) is 20.7. The normalized spacial score (nSPS) is 12.3. The highest BCUT2D eigenvalue weighted by Crippen LogP contribution is 2.13. The Morgan fingerprint density at radius 2 is 2.17 bits per heavy atom. The van der Waals surface area contributed by atoms with Gasteiger partial charge in [0.1, 0.15) is 0 Å². The van der Waals surface area contributed by atoms with Crippen LogP contribution < -0.4 is 0 Å². The number of carbonyl (C=O) groups is 1. The van der Waals surface area contributed by atoms with E-state index in [1.807, 2.05) is 30.3 Å². The van der Waals surface area contributed by atoms with Gasteiger partial charge in [0.2, 0.25) is 5.82 Å². The fourth-order valence-electron chi connectivity index (χ4n) is 1.45. The van der Waals surface area contributed by atoms with Crippen molar-refractivity contribution in [1.29, 1.82) is 0 Å². The zero-order valence-corrected chi connectivity index (χ0v) is 9.72. The Bertz CT molecular complexity index is 526. The van der Waals surface area contributed by atoms with Crippen LogP contribution in [0.3, 0.4) is 0 Å². The van der Waals surface area contributed by atoms with Gasteiger partial charge in [-0.15, -0.1) is 15.0 Å². The van der Waals surface area contributed by atoms with Gasteiger partial charge in [0.15, 0.2) is 6.04 Å². The van der Waals surface area contributed by atoms with Crippen LogP contribution in [0.1, 0.15) is 6.04 Å². The van der Waals surface area contributed by atoms with E-state index in [9.17, 15) is 4.79 Å². The summed E-state index contributed by atoms with van der Waals surface area (Å²) >= 11 is 0. The number of aromatic nitrogens is 4. The van der Waals surface area contributed by atoms with Crippen molar-refractivity contribution in [3.05, 3.63) is 30.3 Å². The molecule has 0 saturated heterocycles. The summed E-state index contributed by atoms with van der Waals surface area (Å²) in [6, 6.07) is 8.25. The monoisotopic (exact) mass is 248 g/mol. The molecule has 0 saturated carbocycles. The van der Waals surface area contributed by atoms with E-state index in [0.29, 0.717) is 5.82 Å². The minimum Gasteiger partial charge on any atom is -0.480 e. The third-order valence-corrected chi connectivity index (χ3v) is 2.35. The summed E-state index contributed by atoms with van der Waals surface area (Å²) in [6.45, 7) is -0.0140. The van der Waals surface area contributed by atoms with E-state index in [1.54, 1.807) is 0 Å². The van der Waals surface area contributed by atoms with E-state index < -0.39 is 12.0 Å². The van der Waals surface area contributed by atoms with E-state index in [1.165, 1.54) is 7.11 Å². The second-order valence-electron chi connectivity index (χ2n) is 3.61. The van der Waals surface area contributed by atoms with Gasteiger partial charge in [0.25, 0.3) is 0 Å². The van der Waals surface area contributed by atoms with E-state index in [2.05, 4.69) is 15.4 Å². The summed E-state index contributed by atoms with van der Waals surface area (Å²) in [4.78, 5) is 12.1. The highest BCUT2D eigenvalue weighted by molar-refractivity contribution is 5.71. The molecule has 2 aromatic rings. The molecular formula is C11H12N4O3. The second-order valence-corrected chi connectivity index (χ2v) is 3.61. The molecule has 1 unspecified atom stereocenters. The Labute approximate surface area is 103 Å². The molecule has 7 heteroatoms. The third kappa shape index (κ3) is 2.51. The van der Waals surface area contributed by atoms with Gasteiger partial charge >= 0.3 is 5.97 Å². The minimum atomic E-state index is -1.06. The molecule has 1 heterocycles. The molecule has 94 valence electrons. The molecule has 0 bridgehead atoms. The van der Waals surface area contributed by atoms with Crippen molar-refractivity contribution < 1.29 is 14.6 Å². The van der Waals surface area contributed by atoms with Crippen LogP contribution in [0.15, 0.2) is 30.3 Å². The summed E-state index contributed by atoms with van der Waals surface area (Å²) in [6.07, 6.45) is 0. The molecule has 18 heavy (non-hydrogen) atoms. The Balaban J connectivity index is 2.27. The third-order valence-electron chi connectivity index (χ3n) is 2.35. The lowest BCUT2D eigenvalue weighted by Crippen LogP contribution is -2.25. The van der Waals surface area contributed by atoms with E-state index in [4.69, 9.17) is 9.84 Å². The minimum absolute atomic E-state index is 0.0140. The maximum atomic E-state index is 11.0. The van der Waals surface area contributed by atoms with E-state index in [0.717, 1.165) is 10.4 Å². The van der Waals surface area contributed by atoms with Crippen LogP contribution in [0.25, 0.3) is 11.4 Å². The quantitative estimate of drug-likeness (QED) is 0.833. The number of ether oxygens (including phenoxy) is 1. The average Bonchev–Trinajstić information content (AvgIpc) is 2.86. The first kappa shape index (κ1) is 12.2. The van der Waals surface area contributed by atoms with Crippen LogP contribution >= 0.6 is 0 Å². The van der Waals surface area contributed by atoms with Crippen LogP contribution in [0.2, 0.25) is 0 Å². The topological polar surface area (TPSA) is 90.1 Å². The smallest absolute Gasteiger partial charge is 0.332 e. The van der Waals surface area contributed by atoms with Gasteiger partial charge in [-0.25, -0.2) is 4.79 Å². The molecule has 0 aliphatic rings. The first-order chi connectivity index (χ1) is 8.72. The number of methoxy groups -OCH3 is 1. The first-order valence-electron chi connectivity index (χ1n) is 5.29. The number of rotatable bonds is 5. The molecule has 7 nitrogen and oxygen atoms in total. The number of carboxylic acid groups (broad SMARTS) is 1. The van der Waals surface area contributed by atoms with Crippen LogP contribution in [-0.2, 0) is 9.53 Å². The zero-order chi connectivity index (χ0) is 13.0. The molecule has 0 radical (unpaired) electrons. The number of hydrogen-bond donors (Lipinski definition) is 1. The van der Waals surface area contributed by atoms with E-state index >= 15 is 0 Å². The summed E-state index contributed by atoms with van der Waals surface area (Å²) < 4.78 is 4.83. The number of hydrogen-bond acceptors (Lipinski definition) is 5. The predicted molar refractivity (Wildman–Crippen MR) is 61.8 cm³/mol.